The summed E-state index contributed by atoms with van der Waals surface area (Å²) < 4.78 is 6.38. The minimum Gasteiger partial charge on any atom is -0.465 e. The number of rotatable bonds is 3. The smallest absolute Gasteiger partial charge is 0.340 e. The van der Waals surface area contributed by atoms with Crippen molar-refractivity contribution >= 4 is 50.2 Å². The van der Waals surface area contributed by atoms with Gasteiger partial charge in [-0.1, -0.05) is 45.7 Å². The molecule has 0 aliphatic carbocycles. The quantitative estimate of drug-likeness (QED) is 0.638. The fourth-order valence-corrected chi connectivity index (χ4v) is 3.05. The van der Waals surface area contributed by atoms with Crippen molar-refractivity contribution in [2.24, 2.45) is 0 Å². The monoisotopic (exact) mass is 434 g/mol. The van der Waals surface area contributed by atoms with Gasteiger partial charge in [0.05, 0.1) is 23.3 Å². The van der Waals surface area contributed by atoms with Crippen LogP contribution in [0.2, 0.25) is 5.02 Å². The van der Waals surface area contributed by atoms with E-state index in [1.807, 2.05) is 0 Å². The highest BCUT2D eigenvalue weighted by Crippen LogP contribution is 2.21. The summed E-state index contributed by atoms with van der Waals surface area (Å²) in [5, 5.41) is 0.944. The number of methoxy groups -OCH3 is 1. The van der Waals surface area contributed by atoms with Crippen LogP contribution in [0.5, 0.6) is 0 Å². The van der Waals surface area contributed by atoms with Crippen molar-refractivity contribution in [2.75, 3.05) is 12.5 Å². The molecule has 132 valence electrons. The van der Waals surface area contributed by atoms with Crippen LogP contribution in [0.1, 0.15) is 20.7 Å². The molecule has 0 saturated heterocycles. The molecule has 1 aromatic heterocycles. The Bertz CT molecular complexity index is 1090. The predicted octanol–water partition coefficient (Wildman–Crippen LogP) is 3.59. The number of fused-ring (bicyclic) bond motifs is 1. The van der Waals surface area contributed by atoms with Crippen LogP contribution in [-0.4, -0.2) is 23.7 Å². The molecule has 1 heterocycles. The minimum atomic E-state index is -0.621. The van der Waals surface area contributed by atoms with Gasteiger partial charge in [-0.2, -0.15) is 0 Å². The number of nitrogens with zero attached hydrogens (tertiary/aromatic N) is 1. The molecule has 0 saturated carbocycles. The number of nitrogens with one attached hydrogen (secondary N) is 1. The second kappa shape index (κ2) is 7.31. The summed E-state index contributed by atoms with van der Waals surface area (Å²) in [6, 6.07) is 11.4. The maximum atomic E-state index is 12.7. The second-order valence-electron chi connectivity index (χ2n) is 5.32. The second-order valence-corrected chi connectivity index (χ2v) is 6.64. The Hall–Kier alpha value is -2.64. The Morgan fingerprint density at radius 2 is 1.81 bits per heavy atom. The first-order chi connectivity index (χ1) is 12.4. The first-order valence-electron chi connectivity index (χ1n) is 7.41. The van der Waals surface area contributed by atoms with Crippen molar-refractivity contribution in [3.05, 3.63) is 79.6 Å². The molecule has 0 aliphatic heterocycles. The van der Waals surface area contributed by atoms with Crippen molar-refractivity contribution in [2.45, 2.75) is 0 Å². The number of ether oxygens (including phenoxy) is 1. The zero-order chi connectivity index (χ0) is 18.8. The molecule has 1 N–H and O–H groups in total. The first kappa shape index (κ1) is 18.2. The summed E-state index contributed by atoms with van der Waals surface area (Å²) in [4.78, 5) is 37.3. The van der Waals surface area contributed by atoms with Gasteiger partial charge in [-0.25, -0.2) is 9.47 Å². The maximum Gasteiger partial charge on any atom is 0.340 e. The lowest BCUT2D eigenvalue weighted by Gasteiger charge is -2.13. The van der Waals surface area contributed by atoms with Crippen LogP contribution in [0.4, 0.5) is 0 Å². The van der Waals surface area contributed by atoms with Gasteiger partial charge in [-0.05, 0) is 24.3 Å². The SMILES string of the molecule is COC(=O)c1cn(NC(=O)c2cc(Br)ccc2Cl)c(=O)c2ccccc12. The van der Waals surface area contributed by atoms with E-state index in [1.165, 1.54) is 19.4 Å². The molecule has 1 amide bonds. The van der Waals surface area contributed by atoms with Crippen molar-refractivity contribution in [1.82, 2.24) is 4.68 Å². The van der Waals surface area contributed by atoms with Gasteiger partial charge >= 0.3 is 5.97 Å². The van der Waals surface area contributed by atoms with E-state index < -0.39 is 17.4 Å². The van der Waals surface area contributed by atoms with Crippen molar-refractivity contribution in [3.8, 4) is 0 Å². The van der Waals surface area contributed by atoms with Gasteiger partial charge in [0.1, 0.15) is 0 Å². The summed E-state index contributed by atoms with van der Waals surface area (Å²) in [6.07, 6.45) is 1.24. The van der Waals surface area contributed by atoms with E-state index in [-0.39, 0.29) is 21.5 Å². The highest BCUT2D eigenvalue weighted by molar-refractivity contribution is 9.10. The average Bonchev–Trinajstić information content (AvgIpc) is 2.65. The lowest BCUT2D eigenvalue weighted by atomic mass is 10.1. The third-order valence-electron chi connectivity index (χ3n) is 3.72. The highest BCUT2D eigenvalue weighted by Gasteiger charge is 2.17. The molecule has 0 bridgehead atoms. The molecule has 8 heteroatoms. The normalized spacial score (nSPS) is 10.6. The molecule has 0 fully saturated rings. The van der Waals surface area contributed by atoms with E-state index in [0.29, 0.717) is 9.86 Å². The average molecular weight is 436 g/mol. The molecule has 0 spiro atoms. The molecule has 0 aliphatic rings. The zero-order valence-corrected chi connectivity index (χ0v) is 15.8. The topological polar surface area (TPSA) is 77.4 Å². The third-order valence-corrected chi connectivity index (χ3v) is 4.55. The van der Waals surface area contributed by atoms with Gasteiger partial charge in [0.2, 0.25) is 0 Å². The lowest BCUT2D eigenvalue weighted by molar-refractivity contribution is 0.0601. The standard InChI is InChI=1S/C18H12BrClN2O4/c1-26-18(25)14-9-22(17(24)12-5-3-2-4-11(12)14)21-16(23)13-8-10(19)6-7-15(13)20/h2-9H,1H3,(H,21,23). The number of carbonyl (C=O) groups excluding carboxylic acids is 2. The summed E-state index contributed by atoms with van der Waals surface area (Å²) in [5.74, 6) is -1.21. The van der Waals surface area contributed by atoms with Gasteiger partial charge in [0, 0.05) is 21.4 Å². The van der Waals surface area contributed by atoms with E-state index >= 15 is 0 Å². The third kappa shape index (κ3) is 3.36. The number of esters is 1. The fraction of sp³-hybridized carbons (Fsp3) is 0.0556. The van der Waals surface area contributed by atoms with Crippen molar-refractivity contribution < 1.29 is 14.3 Å². The highest BCUT2D eigenvalue weighted by atomic mass is 79.9. The molecule has 3 aromatic rings. The Labute approximate surface area is 161 Å². The summed E-state index contributed by atoms with van der Waals surface area (Å²) in [6.45, 7) is 0. The van der Waals surface area contributed by atoms with Crippen LogP contribution in [0, 0.1) is 0 Å². The molecule has 6 nitrogen and oxygen atoms in total. The lowest BCUT2D eigenvalue weighted by Crippen LogP contribution is -2.34. The molecule has 0 unspecified atom stereocenters. The Kier molecular flexibility index (Phi) is 5.11. The number of pyridine rings is 1. The number of hydrogen-bond donors (Lipinski definition) is 1. The van der Waals surface area contributed by atoms with Crippen LogP contribution in [0.15, 0.2) is 57.9 Å². The van der Waals surface area contributed by atoms with Gasteiger partial charge in [0.15, 0.2) is 0 Å². The maximum absolute atomic E-state index is 12.7. The largest absolute Gasteiger partial charge is 0.465 e. The zero-order valence-electron chi connectivity index (χ0n) is 13.5. The van der Waals surface area contributed by atoms with Crippen molar-refractivity contribution in [3.63, 3.8) is 0 Å². The van der Waals surface area contributed by atoms with Crippen molar-refractivity contribution in [1.29, 1.82) is 0 Å². The molecule has 2 aromatic carbocycles. The molecular weight excluding hydrogens is 424 g/mol. The van der Waals surface area contributed by atoms with Crippen LogP contribution in [0.25, 0.3) is 10.8 Å². The van der Waals surface area contributed by atoms with E-state index in [1.54, 1.807) is 36.4 Å². The number of carbonyl (C=O) groups is 2. The van der Waals surface area contributed by atoms with E-state index in [9.17, 15) is 14.4 Å². The molecule has 0 radical (unpaired) electrons. The number of halogens is 2. The van der Waals surface area contributed by atoms with Crippen LogP contribution in [-0.2, 0) is 4.74 Å². The van der Waals surface area contributed by atoms with Crippen LogP contribution >= 0.6 is 27.5 Å². The number of benzene rings is 2. The van der Waals surface area contributed by atoms with Gasteiger partial charge in [0.25, 0.3) is 11.5 Å². The number of amides is 1. The Morgan fingerprint density at radius 1 is 1.12 bits per heavy atom. The molecule has 3 rings (SSSR count). The first-order valence-corrected chi connectivity index (χ1v) is 8.58. The van der Waals surface area contributed by atoms with Gasteiger partial charge in [-0.3, -0.25) is 15.0 Å². The molecular formula is C18H12BrClN2O4. The van der Waals surface area contributed by atoms with E-state index in [2.05, 4.69) is 21.4 Å². The molecule has 0 atom stereocenters. The van der Waals surface area contributed by atoms with Gasteiger partial charge < -0.3 is 4.74 Å². The Morgan fingerprint density at radius 3 is 2.50 bits per heavy atom. The number of aromatic nitrogens is 1. The fourth-order valence-electron chi connectivity index (χ4n) is 2.49. The summed E-state index contributed by atoms with van der Waals surface area (Å²) in [7, 11) is 1.24. The summed E-state index contributed by atoms with van der Waals surface area (Å²) in [5.41, 5.74) is 2.32. The van der Waals surface area contributed by atoms with Crippen LogP contribution < -0.4 is 11.0 Å². The van der Waals surface area contributed by atoms with E-state index in [0.717, 1.165) is 4.68 Å². The molecule has 26 heavy (non-hydrogen) atoms. The summed E-state index contributed by atoms with van der Waals surface area (Å²) >= 11 is 9.32. The minimum absolute atomic E-state index is 0.156. The number of hydrogen-bond acceptors (Lipinski definition) is 4. The Balaban J connectivity index is 2.12. The van der Waals surface area contributed by atoms with Gasteiger partial charge in [-0.15, -0.1) is 0 Å². The van der Waals surface area contributed by atoms with E-state index in [4.69, 9.17) is 16.3 Å². The predicted molar refractivity (Wildman–Crippen MR) is 102 cm³/mol. The van der Waals surface area contributed by atoms with Crippen LogP contribution in [0.3, 0.4) is 0 Å².